The molecule has 9 heteroatoms. The van der Waals surface area contributed by atoms with Gasteiger partial charge in [-0.25, -0.2) is 4.79 Å². The number of carbonyl (C=O) groups is 2. The van der Waals surface area contributed by atoms with Gasteiger partial charge >= 0.3 is 14.0 Å². The van der Waals surface area contributed by atoms with Gasteiger partial charge in [-0.05, 0) is 35.4 Å². The Hall–Kier alpha value is -3.65. The number of rotatable bonds is 10. The van der Waals surface area contributed by atoms with Crippen LogP contribution >= 0.6 is 11.6 Å². The van der Waals surface area contributed by atoms with Gasteiger partial charge in [-0.15, -0.1) is 0 Å². The first kappa shape index (κ1) is 24.0. The molecule has 7 nitrogen and oxygen atoms in total. The summed E-state index contributed by atoms with van der Waals surface area (Å²) in [5, 5.41) is -0.00747. The first-order valence-corrected chi connectivity index (χ1v) is 10.1. The number of halogens is 1. The van der Waals surface area contributed by atoms with Gasteiger partial charge in [0.05, 0.1) is 24.8 Å². The number of hydrogen-bond donors (Lipinski definition) is 0. The molecule has 0 aliphatic heterocycles. The molecule has 3 rings (SSSR count). The molecular weight excluding hydrogens is 447 g/mol. The van der Waals surface area contributed by atoms with Gasteiger partial charge in [-0.2, -0.15) is 0 Å². The van der Waals surface area contributed by atoms with E-state index < -0.39 is 5.97 Å². The summed E-state index contributed by atoms with van der Waals surface area (Å²) in [6, 6.07) is 15.8. The molecule has 0 aromatic heterocycles. The van der Waals surface area contributed by atoms with Gasteiger partial charge in [-0.3, -0.25) is 4.79 Å². The highest BCUT2D eigenvalue weighted by molar-refractivity contribution is 6.34. The first-order valence-electron chi connectivity index (χ1n) is 9.74. The van der Waals surface area contributed by atoms with Gasteiger partial charge in [-0.1, -0.05) is 35.9 Å². The van der Waals surface area contributed by atoms with Crippen molar-refractivity contribution in [3.05, 3.63) is 81.9 Å². The molecule has 168 valence electrons. The van der Waals surface area contributed by atoms with Crippen molar-refractivity contribution in [2.24, 2.45) is 0 Å². The maximum absolute atomic E-state index is 12.4. The lowest BCUT2D eigenvalue weighted by Crippen LogP contribution is -2.12. The minimum Gasteiger partial charge on any atom is -0.540 e. The molecule has 0 atom stereocenters. The second-order valence-corrected chi connectivity index (χ2v) is 7.18. The lowest BCUT2D eigenvalue weighted by molar-refractivity contribution is 0.0740. The van der Waals surface area contributed by atoms with Crippen LogP contribution < -0.4 is 18.9 Å². The number of methoxy groups -OCH3 is 2. The number of carbonyl (C=O) groups excluding carboxylic acids is 2. The molecule has 0 N–H and O–H groups in total. The Kier molecular flexibility index (Phi) is 8.21. The van der Waals surface area contributed by atoms with Gasteiger partial charge < -0.3 is 23.6 Å². The Labute approximate surface area is 197 Å². The van der Waals surface area contributed by atoms with Crippen LogP contribution in [0.3, 0.4) is 0 Å². The highest BCUT2D eigenvalue weighted by Gasteiger charge is 2.26. The van der Waals surface area contributed by atoms with Crippen molar-refractivity contribution in [1.82, 2.24) is 0 Å². The van der Waals surface area contributed by atoms with Crippen molar-refractivity contribution in [1.29, 1.82) is 0 Å². The van der Waals surface area contributed by atoms with Gasteiger partial charge in [0.2, 0.25) is 0 Å². The molecule has 0 spiro atoms. The summed E-state index contributed by atoms with van der Waals surface area (Å²) in [4.78, 5) is 24.1. The third-order valence-corrected chi connectivity index (χ3v) is 5.07. The standard InChI is InChI=1S/C24H20BClO7/c1-29-17-7-3-15(4-8-17)13-31-21-11-20(26)19(12-27)22(24(28)33-25)23(21)32-14-16-5-9-18(30-2)10-6-16/h3-12H,13-14H2,1-2H3. The van der Waals surface area contributed by atoms with Crippen LogP contribution in [0.1, 0.15) is 31.8 Å². The molecule has 0 saturated carbocycles. The summed E-state index contributed by atoms with van der Waals surface area (Å²) in [6.45, 7) is 0.199. The van der Waals surface area contributed by atoms with Crippen molar-refractivity contribution < 1.29 is 33.2 Å². The van der Waals surface area contributed by atoms with E-state index in [1.165, 1.54) is 6.07 Å². The largest absolute Gasteiger partial charge is 0.540 e. The third-order valence-electron chi connectivity index (χ3n) is 4.76. The van der Waals surface area contributed by atoms with Crippen molar-refractivity contribution in [2.45, 2.75) is 13.2 Å². The Morgan fingerprint density at radius 3 is 1.88 bits per heavy atom. The Morgan fingerprint density at radius 1 is 0.909 bits per heavy atom. The van der Waals surface area contributed by atoms with Crippen LogP contribution in [0.4, 0.5) is 0 Å². The SMILES string of the molecule is [B]OC(=O)c1c(C=O)c(Cl)cc(OCc2ccc(OC)cc2)c1OCc1ccc(OC)cc1. The lowest BCUT2D eigenvalue weighted by Gasteiger charge is -2.18. The van der Waals surface area contributed by atoms with Gasteiger partial charge in [0.15, 0.2) is 17.8 Å². The fraction of sp³-hybridized carbons (Fsp3) is 0.167. The zero-order valence-electron chi connectivity index (χ0n) is 18.0. The fourth-order valence-electron chi connectivity index (χ4n) is 3.01. The number of benzene rings is 3. The molecule has 0 amide bonds. The second kappa shape index (κ2) is 11.3. The van der Waals surface area contributed by atoms with Crippen LogP contribution in [0.15, 0.2) is 54.6 Å². The minimum atomic E-state index is -0.987. The molecule has 2 radical (unpaired) electrons. The molecule has 0 aliphatic rings. The highest BCUT2D eigenvalue weighted by atomic mass is 35.5. The molecule has 3 aromatic carbocycles. The molecule has 0 heterocycles. The van der Waals surface area contributed by atoms with Crippen molar-refractivity contribution in [2.75, 3.05) is 14.2 Å². The van der Waals surface area contributed by atoms with Crippen LogP contribution in [-0.2, 0) is 17.9 Å². The van der Waals surface area contributed by atoms with Crippen LogP contribution in [0, 0.1) is 0 Å². The smallest absolute Gasteiger partial charge is 0.378 e. The van der Waals surface area contributed by atoms with Crippen molar-refractivity contribution >= 4 is 31.9 Å². The quantitative estimate of drug-likeness (QED) is 0.320. The topological polar surface area (TPSA) is 80.3 Å². The van der Waals surface area contributed by atoms with Crippen molar-refractivity contribution in [3.63, 3.8) is 0 Å². The predicted molar refractivity (Wildman–Crippen MR) is 123 cm³/mol. The van der Waals surface area contributed by atoms with Crippen molar-refractivity contribution in [3.8, 4) is 23.0 Å². The molecule has 0 fully saturated rings. The van der Waals surface area contributed by atoms with Crippen LogP contribution in [0.5, 0.6) is 23.0 Å². The zero-order chi connectivity index (χ0) is 23.8. The number of ether oxygens (including phenoxy) is 4. The van der Waals surface area contributed by atoms with Crippen LogP contribution in [-0.4, -0.2) is 34.5 Å². The average Bonchev–Trinajstić information content (AvgIpc) is 2.86. The van der Waals surface area contributed by atoms with Gasteiger partial charge in [0, 0.05) is 6.07 Å². The highest BCUT2D eigenvalue weighted by Crippen LogP contribution is 2.39. The molecule has 0 aliphatic carbocycles. The maximum atomic E-state index is 12.4. The summed E-state index contributed by atoms with van der Waals surface area (Å²) in [7, 11) is 8.24. The van der Waals surface area contributed by atoms with Gasteiger partial charge in [0.1, 0.15) is 30.3 Å². The van der Waals surface area contributed by atoms with E-state index in [-0.39, 0.29) is 40.9 Å². The van der Waals surface area contributed by atoms with Gasteiger partial charge in [0.25, 0.3) is 0 Å². The van der Waals surface area contributed by atoms with Crippen LogP contribution in [0.2, 0.25) is 5.02 Å². The fourth-order valence-corrected chi connectivity index (χ4v) is 3.25. The second-order valence-electron chi connectivity index (χ2n) is 6.77. The monoisotopic (exact) mass is 466 g/mol. The molecular formula is C24H20BClO7. The zero-order valence-corrected chi connectivity index (χ0v) is 18.8. The average molecular weight is 467 g/mol. The molecule has 33 heavy (non-hydrogen) atoms. The van der Waals surface area contributed by atoms with E-state index in [1.54, 1.807) is 50.6 Å². The Morgan fingerprint density at radius 2 is 1.42 bits per heavy atom. The maximum Gasteiger partial charge on any atom is 0.378 e. The molecule has 0 saturated heterocycles. The Balaban J connectivity index is 1.95. The van der Waals surface area contributed by atoms with E-state index >= 15 is 0 Å². The summed E-state index contributed by atoms with van der Waals surface area (Å²) < 4.78 is 26.5. The van der Waals surface area contributed by atoms with Crippen LogP contribution in [0.25, 0.3) is 0 Å². The van der Waals surface area contributed by atoms with E-state index in [0.29, 0.717) is 17.8 Å². The summed E-state index contributed by atoms with van der Waals surface area (Å²) in [6.07, 6.45) is 0.433. The summed E-state index contributed by atoms with van der Waals surface area (Å²) >= 11 is 6.23. The minimum absolute atomic E-state index is 0.00747. The summed E-state index contributed by atoms with van der Waals surface area (Å²) in [5.74, 6) is 0.535. The van der Waals surface area contributed by atoms with E-state index in [0.717, 1.165) is 11.1 Å². The Bertz CT molecular complexity index is 1120. The first-order chi connectivity index (χ1) is 16.0. The van der Waals surface area contributed by atoms with E-state index in [9.17, 15) is 9.59 Å². The predicted octanol–water partition coefficient (Wildman–Crippen LogP) is 4.57. The number of aldehydes is 1. The van der Waals surface area contributed by atoms with E-state index in [1.807, 2.05) is 12.1 Å². The summed E-state index contributed by atoms with van der Waals surface area (Å²) in [5.41, 5.74) is 1.27. The molecule has 3 aromatic rings. The third kappa shape index (κ3) is 5.78. The number of hydrogen-bond acceptors (Lipinski definition) is 7. The lowest BCUT2D eigenvalue weighted by atomic mass is 10.1. The normalized spacial score (nSPS) is 10.3. The van der Waals surface area contributed by atoms with E-state index in [4.69, 9.17) is 38.6 Å². The van der Waals surface area contributed by atoms with E-state index in [2.05, 4.69) is 4.65 Å². The molecule has 0 unspecified atom stereocenters. The molecule has 0 bridgehead atoms.